The number of nitrogens with one attached hydrogen (secondary N) is 1. The van der Waals surface area contributed by atoms with Crippen molar-refractivity contribution in [2.45, 2.75) is 25.6 Å². The van der Waals surface area contributed by atoms with Crippen LogP contribution in [0.3, 0.4) is 0 Å². The van der Waals surface area contributed by atoms with Crippen LogP contribution >= 0.6 is 0 Å². The first kappa shape index (κ1) is 14.9. The predicted molar refractivity (Wildman–Crippen MR) is 58.4 cm³/mol. The molecule has 1 amide bonds. The van der Waals surface area contributed by atoms with Crippen LogP contribution in [0, 0.1) is 0 Å². The fraction of sp³-hybridized carbons (Fsp3) is 0.364. The molecule has 1 heterocycles. The molecule has 0 aliphatic carbocycles. The van der Waals surface area contributed by atoms with Gasteiger partial charge in [0.05, 0.1) is 5.56 Å². The number of pyridine rings is 1. The monoisotopic (exact) mass is 276 g/mol. The lowest BCUT2D eigenvalue weighted by Crippen LogP contribution is -2.41. The van der Waals surface area contributed by atoms with E-state index in [0.717, 1.165) is 12.3 Å². The average molecular weight is 276 g/mol. The second-order valence-corrected chi connectivity index (χ2v) is 3.67. The highest BCUT2D eigenvalue weighted by molar-refractivity contribution is 5.96. The Bertz CT molecular complexity index is 488. The quantitative estimate of drug-likeness (QED) is 0.877. The molecule has 0 radical (unpaired) electrons. The van der Waals surface area contributed by atoms with E-state index < -0.39 is 35.4 Å². The Kier molecular flexibility index (Phi) is 4.47. The van der Waals surface area contributed by atoms with Crippen LogP contribution in [0.1, 0.15) is 29.4 Å². The molecule has 0 bridgehead atoms. The van der Waals surface area contributed by atoms with Crippen LogP contribution in [-0.4, -0.2) is 28.0 Å². The summed E-state index contributed by atoms with van der Waals surface area (Å²) in [7, 11) is 0. The molecule has 1 aromatic heterocycles. The first-order valence-corrected chi connectivity index (χ1v) is 5.33. The third-order valence-electron chi connectivity index (χ3n) is 2.34. The maximum Gasteiger partial charge on any atom is 0.418 e. The van der Waals surface area contributed by atoms with Crippen molar-refractivity contribution in [2.75, 3.05) is 0 Å². The summed E-state index contributed by atoms with van der Waals surface area (Å²) < 4.78 is 38.0. The van der Waals surface area contributed by atoms with Gasteiger partial charge in [-0.2, -0.15) is 13.2 Å². The lowest BCUT2D eigenvalue weighted by Gasteiger charge is -2.14. The molecule has 104 valence electrons. The van der Waals surface area contributed by atoms with E-state index in [9.17, 15) is 22.8 Å². The van der Waals surface area contributed by atoms with Crippen LogP contribution in [0.4, 0.5) is 13.2 Å². The first-order chi connectivity index (χ1) is 8.77. The highest BCUT2D eigenvalue weighted by Crippen LogP contribution is 2.30. The van der Waals surface area contributed by atoms with Crippen molar-refractivity contribution in [1.82, 2.24) is 10.3 Å². The Morgan fingerprint density at radius 3 is 2.58 bits per heavy atom. The van der Waals surface area contributed by atoms with Crippen LogP contribution in [0.5, 0.6) is 0 Å². The molecule has 0 saturated heterocycles. The zero-order valence-electron chi connectivity index (χ0n) is 9.86. The number of amides is 1. The van der Waals surface area contributed by atoms with Crippen LogP contribution in [0.2, 0.25) is 0 Å². The van der Waals surface area contributed by atoms with Crippen LogP contribution in [-0.2, 0) is 11.0 Å². The maximum absolute atomic E-state index is 12.7. The number of carbonyl (C=O) groups excluding carboxylic acids is 1. The van der Waals surface area contributed by atoms with E-state index in [4.69, 9.17) is 5.11 Å². The zero-order valence-corrected chi connectivity index (χ0v) is 9.86. The Balaban J connectivity index is 3.04. The van der Waals surface area contributed by atoms with E-state index in [2.05, 4.69) is 4.98 Å². The lowest BCUT2D eigenvalue weighted by molar-refractivity contribution is -0.139. The molecule has 0 aliphatic heterocycles. The van der Waals surface area contributed by atoms with E-state index in [0.29, 0.717) is 6.07 Å². The third kappa shape index (κ3) is 3.67. The summed E-state index contributed by atoms with van der Waals surface area (Å²) in [6.07, 6.45) is -3.65. The predicted octanol–water partition coefficient (Wildman–Crippen LogP) is 1.69. The van der Waals surface area contributed by atoms with Gasteiger partial charge in [0, 0.05) is 6.20 Å². The SMILES string of the molecule is CCC(NC(=O)c1ncccc1C(F)(F)F)C(=O)O. The molecule has 1 unspecified atom stereocenters. The highest BCUT2D eigenvalue weighted by atomic mass is 19.4. The van der Waals surface area contributed by atoms with Gasteiger partial charge in [-0.3, -0.25) is 9.78 Å². The fourth-order valence-electron chi connectivity index (χ4n) is 1.38. The first-order valence-electron chi connectivity index (χ1n) is 5.33. The topological polar surface area (TPSA) is 79.3 Å². The number of carbonyl (C=O) groups is 2. The van der Waals surface area contributed by atoms with Gasteiger partial charge in [-0.1, -0.05) is 6.92 Å². The summed E-state index contributed by atoms with van der Waals surface area (Å²) in [6, 6.07) is 0.508. The van der Waals surface area contributed by atoms with Crippen molar-refractivity contribution in [2.24, 2.45) is 0 Å². The highest BCUT2D eigenvalue weighted by Gasteiger charge is 2.36. The van der Waals surface area contributed by atoms with Gasteiger partial charge in [-0.15, -0.1) is 0 Å². The van der Waals surface area contributed by atoms with Crippen LogP contribution in [0.15, 0.2) is 18.3 Å². The molecular weight excluding hydrogens is 265 g/mol. The van der Waals surface area contributed by atoms with Crippen molar-refractivity contribution >= 4 is 11.9 Å². The summed E-state index contributed by atoms with van der Waals surface area (Å²) in [4.78, 5) is 25.7. The average Bonchev–Trinajstić information content (AvgIpc) is 2.34. The summed E-state index contributed by atoms with van der Waals surface area (Å²) in [5.41, 5.74) is -2.04. The minimum atomic E-state index is -4.73. The van der Waals surface area contributed by atoms with Gasteiger partial charge in [-0.05, 0) is 18.6 Å². The summed E-state index contributed by atoms with van der Waals surface area (Å²) in [5, 5.41) is 10.7. The molecule has 1 rings (SSSR count). The number of rotatable bonds is 4. The van der Waals surface area contributed by atoms with E-state index in [1.807, 2.05) is 5.32 Å². The van der Waals surface area contributed by atoms with Gasteiger partial charge in [0.2, 0.25) is 0 Å². The number of nitrogens with zero attached hydrogens (tertiary/aromatic N) is 1. The van der Waals surface area contributed by atoms with Crippen molar-refractivity contribution in [3.63, 3.8) is 0 Å². The van der Waals surface area contributed by atoms with Crippen LogP contribution < -0.4 is 5.32 Å². The normalized spacial score (nSPS) is 12.8. The molecule has 0 aromatic carbocycles. The van der Waals surface area contributed by atoms with Gasteiger partial charge in [-0.25, -0.2) is 4.79 Å². The molecule has 8 heteroatoms. The van der Waals surface area contributed by atoms with E-state index in [1.165, 1.54) is 6.92 Å². The fourth-order valence-corrected chi connectivity index (χ4v) is 1.38. The number of aliphatic carboxylic acids is 1. The summed E-state index contributed by atoms with van der Waals surface area (Å²) in [6.45, 7) is 1.49. The Morgan fingerprint density at radius 1 is 1.47 bits per heavy atom. The van der Waals surface area contributed by atoms with Gasteiger partial charge in [0.1, 0.15) is 11.7 Å². The van der Waals surface area contributed by atoms with Crippen molar-refractivity contribution in [3.8, 4) is 0 Å². The molecule has 5 nitrogen and oxygen atoms in total. The molecule has 2 N–H and O–H groups in total. The number of halogens is 3. The van der Waals surface area contributed by atoms with Gasteiger partial charge >= 0.3 is 12.1 Å². The van der Waals surface area contributed by atoms with Gasteiger partial charge in [0.25, 0.3) is 5.91 Å². The minimum absolute atomic E-state index is 0.0509. The maximum atomic E-state index is 12.7. The van der Waals surface area contributed by atoms with E-state index >= 15 is 0 Å². The number of carboxylic acids is 1. The number of aromatic nitrogens is 1. The molecule has 0 saturated carbocycles. The number of hydrogen-bond acceptors (Lipinski definition) is 3. The third-order valence-corrected chi connectivity index (χ3v) is 2.34. The summed E-state index contributed by atoms with van der Waals surface area (Å²) in [5.74, 6) is -2.48. The van der Waals surface area contributed by atoms with Gasteiger partial charge in [0.15, 0.2) is 0 Å². The minimum Gasteiger partial charge on any atom is -0.480 e. The zero-order chi connectivity index (χ0) is 14.6. The molecule has 19 heavy (non-hydrogen) atoms. The molecule has 0 aliphatic rings. The Labute approximate surface area is 106 Å². The van der Waals surface area contributed by atoms with Crippen LogP contribution in [0.25, 0.3) is 0 Å². The number of carboxylic acid groups (broad SMARTS) is 1. The second kappa shape index (κ2) is 5.68. The smallest absolute Gasteiger partial charge is 0.418 e. The van der Waals surface area contributed by atoms with E-state index in [1.54, 1.807) is 0 Å². The Hall–Kier alpha value is -2.12. The number of alkyl halides is 3. The second-order valence-electron chi connectivity index (χ2n) is 3.67. The van der Waals surface area contributed by atoms with Crippen molar-refractivity contribution in [1.29, 1.82) is 0 Å². The van der Waals surface area contributed by atoms with Crippen molar-refractivity contribution in [3.05, 3.63) is 29.6 Å². The summed E-state index contributed by atoms with van der Waals surface area (Å²) >= 11 is 0. The largest absolute Gasteiger partial charge is 0.480 e. The molecule has 0 spiro atoms. The molecular formula is C11H11F3N2O3. The van der Waals surface area contributed by atoms with Crippen molar-refractivity contribution < 1.29 is 27.9 Å². The standard InChI is InChI=1S/C11H11F3N2O3/c1-2-7(10(18)19)16-9(17)8-6(11(12,13)14)4-3-5-15-8/h3-5,7H,2H2,1H3,(H,16,17)(H,18,19). The molecule has 1 atom stereocenters. The molecule has 0 fully saturated rings. The Morgan fingerprint density at radius 2 is 2.11 bits per heavy atom. The lowest BCUT2D eigenvalue weighted by atomic mass is 10.1. The number of hydrogen-bond donors (Lipinski definition) is 2. The molecule has 1 aromatic rings. The van der Waals surface area contributed by atoms with E-state index in [-0.39, 0.29) is 6.42 Å². The van der Waals surface area contributed by atoms with Gasteiger partial charge < -0.3 is 10.4 Å².